The zero-order valence-corrected chi connectivity index (χ0v) is 15.5. The molecule has 2 amide bonds. The molecule has 6 heteroatoms. The van der Waals surface area contributed by atoms with E-state index in [4.69, 9.17) is 4.74 Å². The number of piperidine rings is 1. The SMILES string of the molecule is CC(=O)NC1COc2ccc(N3CCC(C)(C)CC3)cc2N(C)C1=O. The Morgan fingerprint density at radius 1 is 1.28 bits per heavy atom. The predicted molar refractivity (Wildman–Crippen MR) is 98.2 cm³/mol. The second-order valence-corrected chi connectivity index (χ2v) is 7.76. The maximum absolute atomic E-state index is 12.6. The Hall–Kier alpha value is -2.24. The van der Waals surface area contributed by atoms with Crippen molar-refractivity contribution < 1.29 is 14.3 Å². The van der Waals surface area contributed by atoms with Gasteiger partial charge >= 0.3 is 0 Å². The summed E-state index contributed by atoms with van der Waals surface area (Å²) in [4.78, 5) is 27.9. The predicted octanol–water partition coefficient (Wildman–Crippen LogP) is 2.17. The lowest BCUT2D eigenvalue weighted by molar-refractivity contribution is -0.126. The summed E-state index contributed by atoms with van der Waals surface area (Å²) in [6.07, 6.45) is 2.31. The Morgan fingerprint density at radius 3 is 2.60 bits per heavy atom. The van der Waals surface area contributed by atoms with Crippen molar-refractivity contribution in [1.29, 1.82) is 0 Å². The molecule has 1 aromatic rings. The van der Waals surface area contributed by atoms with Crippen LogP contribution in [0.2, 0.25) is 0 Å². The average Bonchev–Trinajstić information content (AvgIpc) is 2.67. The zero-order valence-electron chi connectivity index (χ0n) is 15.5. The van der Waals surface area contributed by atoms with Gasteiger partial charge in [-0.15, -0.1) is 0 Å². The molecule has 25 heavy (non-hydrogen) atoms. The third kappa shape index (κ3) is 3.72. The molecule has 1 N–H and O–H groups in total. The number of carbonyl (C=O) groups excluding carboxylic acids is 2. The van der Waals surface area contributed by atoms with E-state index in [1.807, 2.05) is 18.2 Å². The number of fused-ring (bicyclic) bond motifs is 1. The number of nitrogens with zero attached hydrogens (tertiary/aromatic N) is 2. The maximum Gasteiger partial charge on any atom is 0.252 e. The lowest BCUT2D eigenvalue weighted by atomic mass is 9.82. The summed E-state index contributed by atoms with van der Waals surface area (Å²) in [6, 6.07) is 5.33. The van der Waals surface area contributed by atoms with Crippen LogP contribution in [0.15, 0.2) is 18.2 Å². The highest BCUT2D eigenvalue weighted by Crippen LogP contribution is 2.37. The van der Waals surface area contributed by atoms with Crippen molar-refractivity contribution >= 4 is 23.2 Å². The van der Waals surface area contributed by atoms with E-state index in [1.165, 1.54) is 6.92 Å². The summed E-state index contributed by atoms with van der Waals surface area (Å²) in [5.74, 6) is 0.272. The zero-order chi connectivity index (χ0) is 18.2. The van der Waals surface area contributed by atoms with E-state index in [9.17, 15) is 9.59 Å². The normalized spacial score (nSPS) is 22.7. The monoisotopic (exact) mass is 345 g/mol. The molecule has 0 bridgehead atoms. The van der Waals surface area contributed by atoms with Crippen molar-refractivity contribution in [3.05, 3.63) is 18.2 Å². The van der Waals surface area contributed by atoms with Crippen molar-refractivity contribution in [1.82, 2.24) is 5.32 Å². The Labute approximate surface area is 149 Å². The van der Waals surface area contributed by atoms with Gasteiger partial charge in [0, 0.05) is 32.7 Å². The van der Waals surface area contributed by atoms with Crippen LogP contribution in [0.5, 0.6) is 5.75 Å². The van der Waals surface area contributed by atoms with Gasteiger partial charge in [-0.2, -0.15) is 0 Å². The second kappa shape index (κ2) is 6.58. The van der Waals surface area contributed by atoms with E-state index in [0.29, 0.717) is 11.2 Å². The van der Waals surface area contributed by atoms with Crippen LogP contribution >= 0.6 is 0 Å². The van der Waals surface area contributed by atoms with Crippen LogP contribution in [-0.2, 0) is 9.59 Å². The highest BCUT2D eigenvalue weighted by Gasteiger charge is 2.31. The molecule has 0 radical (unpaired) electrons. The molecule has 3 rings (SSSR count). The van der Waals surface area contributed by atoms with Gasteiger partial charge in [0.1, 0.15) is 18.4 Å². The molecule has 0 aromatic heterocycles. The first-order chi connectivity index (χ1) is 11.8. The highest BCUT2D eigenvalue weighted by atomic mass is 16.5. The first-order valence-electron chi connectivity index (χ1n) is 8.83. The van der Waals surface area contributed by atoms with Crippen LogP contribution in [0.1, 0.15) is 33.6 Å². The number of hydrogen-bond donors (Lipinski definition) is 1. The Balaban J connectivity index is 1.82. The standard InChI is InChI=1S/C19H27N3O3/c1-13(23)20-15-12-25-17-6-5-14(11-16(17)21(4)18(15)24)22-9-7-19(2,3)8-10-22/h5-6,11,15H,7-10,12H2,1-4H3,(H,20,23). The third-order valence-electron chi connectivity index (χ3n) is 5.20. The molecule has 2 aliphatic heterocycles. The molecule has 2 aliphatic rings. The molecule has 1 atom stereocenters. The largest absolute Gasteiger partial charge is 0.489 e. The number of benzene rings is 1. The average molecular weight is 345 g/mol. The van der Waals surface area contributed by atoms with Gasteiger partial charge in [-0.3, -0.25) is 9.59 Å². The number of anilines is 2. The first kappa shape index (κ1) is 17.6. The fourth-order valence-electron chi connectivity index (χ4n) is 3.40. The van der Waals surface area contributed by atoms with Crippen molar-refractivity contribution in [2.45, 2.75) is 39.7 Å². The summed E-state index contributed by atoms with van der Waals surface area (Å²) >= 11 is 0. The summed E-state index contributed by atoms with van der Waals surface area (Å²) in [6.45, 7) is 8.19. The van der Waals surface area contributed by atoms with Crippen molar-refractivity contribution in [3.63, 3.8) is 0 Å². The Morgan fingerprint density at radius 2 is 1.96 bits per heavy atom. The smallest absolute Gasteiger partial charge is 0.252 e. The van der Waals surface area contributed by atoms with Crippen LogP contribution in [0.4, 0.5) is 11.4 Å². The fourth-order valence-corrected chi connectivity index (χ4v) is 3.40. The van der Waals surface area contributed by atoms with Gasteiger partial charge in [0.25, 0.3) is 5.91 Å². The second-order valence-electron chi connectivity index (χ2n) is 7.76. The molecule has 1 fully saturated rings. The van der Waals surface area contributed by atoms with Crippen LogP contribution in [-0.4, -0.2) is 44.6 Å². The molecule has 6 nitrogen and oxygen atoms in total. The van der Waals surface area contributed by atoms with E-state index < -0.39 is 6.04 Å². The third-order valence-corrected chi connectivity index (χ3v) is 5.20. The number of rotatable bonds is 2. The van der Waals surface area contributed by atoms with E-state index in [-0.39, 0.29) is 18.4 Å². The molecule has 136 valence electrons. The molecule has 1 saturated heterocycles. The van der Waals surface area contributed by atoms with Crippen LogP contribution in [0.3, 0.4) is 0 Å². The Kier molecular flexibility index (Phi) is 4.62. The van der Waals surface area contributed by atoms with Gasteiger partial charge in [-0.25, -0.2) is 0 Å². The van der Waals surface area contributed by atoms with Gasteiger partial charge in [0.2, 0.25) is 5.91 Å². The van der Waals surface area contributed by atoms with Crippen LogP contribution < -0.4 is 19.9 Å². The number of hydrogen-bond acceptors (Lipinski definition) is 4. The van der Waals surface area contributed by atoms with Gasteiger partial charge in [0.05, 0.1) is 5.69 Å². The maximum atomic E-state index is 12.6. The summed E-state index contributed by atoms with van der Waals surface area (Å²) in [5, 5.41) is 2.66. The lowest BCUT2D eigenvalue weighted by Crippen LogP contribution is -2.48. The topological polar surface area (TPSA) is 61.9 Å². The lowest BCUT2D eigenvalue weighted by Gasteiger charge is -2.38. The fraction of sp³-hybridized carbons (Fsp3) is 0.579. The quantitative estimate of drug-likeness (QED) is 0.892. The van der Waals surface area contributed by atoms with Gasteiger partial charge in [0.15, 0.2) is 0 Å². The molecule has 0 saturated carbocycles. The van der Waals surface area contributed by atoms with E-state index >= 15 is 0 Å². The number of likely N-dealkylation sites (N-methyl/N-ethyl adjacent to an activating group) is 1. The van der Waals surface area contributed by atoms with E-state index in [0.717, 1.165) is 37.3 Å². The minimum atomic E-state index is -0.658. The summed E-state index contributed by atoms with van der Waals surface area (Å²) < 4.78 is 5.78. The molecular weight excluding hydrogens is 318 g/mol. The highest BCUT2D eigenvalue weighted by molar-refractivity contribution is 6.00. The molecular formula is C19H27N3O3. The van der Waals surface area contributed by atoms with E-state index in [2.05, 4.69) is 24.1 Å². The first-order valence-corrected chi connectivity index (χ1v) is 8.83. The van der Waals surface area contributed by atoms with Gasteiger partial charge < -0.3 is 19.9 Å². The number of nitrogens with one attached hydrogen (secondary N) is 1. The summed E-state index contributed by atoms with van der Waals surface area (Å²) in [7, 11) is 1.73. The molecule has 1 unspecified atom stereocenters. The van der Waals surface area contributed by atoms with Crippen molar-refractivity contribution in [3.8, 4) is 5.75 Å². The minimum Gasteiger partial charge on any atom is -0.489 e. The van der Waals surface area contributed by atoms with Crippen LogP contribution in [0.25, 0.3) is 0 Å². The molecule has 1 aromatic carbocycles. The van der Waals surface area contributed by atoms with E-state index in [1.54, 1.807) is 11.9 Å². The van der Waals surface area contributed by atoms with Crippen molar-refractivity contribution in [2.75, 3.05) is 36.5 Å². The minimum absolute atomic E-state index is 0.146. The van der Waals surface area contributed by atoms with Crippen LogP contribution in [0, 0.1) is 5.41 Å². The molecule has 0 aliphatic carbocycles. The Bertz CT molecular complexity index is 676. The van der Waals surface area contributed by atoms with Gasteiger partial charge in [-0.05, 0) is 36.5 Å². The van der Waals surface area contributed by atoms with Crippen molar-refractivity contribution in [2.24, 2.45) is 5.41 Å². The van der Waals surface area contributed by atoms with Gasteiger partial charge in [-0.1, -0.05) is 13.8 Å². The number of carbonyl (C=O) groups is 2. The molecule has 2 heterocycles. The number of ether oxygens (including phenoxy) is 1. The summed E-state index contributed by atoms with van der Waals surface area (Å²) in [5.41, 5.74) is 2.25. The number of amides is 2. The molecule has 0 spiro atoms.